The van der Waals surface area contributed by atoms with Gasteiger partial charge in [0, 0.05) is 30.8 Å². The van der Waals surface area contributed by atoms with E-state index in [1.165, 1.54) is 0 Å². The van der Waals surface area contributed by atoms with Crippen molar-refractivity contribution in [3.8, 4) is 17.2 Å². The molecular weight excluding hydrogens is 384 g/mol. The summed E-state index contributed by atoms with van der Waals surface area (Å²) >= 11 is 0. The average Bonchev–Trinajstić information content (AvgIpc) is 3.61. The van der Waals surface area contributed by atoms with E-state index in [0.717, 1.165) is 18.4 Å². The minimum atomic E-state index is -0.125. The fraction of sp³-hybridized carbons (Fsp3) is 0.391. The topological polar surface area (TPSA) is 77.1 Å². The Hall–Kier alpha value is -3.22. The number of carbonyl (C=O) groups excluding carboxylic acids is 2. The summed E-state index contributed by atoms with van der Waals surface area (Å²) in [7, 11) is 3.17. The van der Waals surface area contributed by atoms with E-state index in [1.807, 2.05) is 31.2 Å². The van der Waals surface area contributed by atoms with Gasteiger partial charge < -0.3 is 24.4 Å². The first-order valence-electron chi connectivity index (χ1n) is 10.1. The maximum absolute atomic E-state index is 12.7. The molecular formula is C23H28N2O5. The van der Waals surface area contributed by atoms with Crippen LogP contribution in [-0.4, -0.2) is 44.1 Å². The Labute approximate surface area is 176 Å². The lowest BCUT2D eigenvalue weighted by Gasteiger charge is -2.22. The van der Waals surface area contributed by atoms with E-state index in [4.69, 9.17) is 14.2 Å². The smallest absolute Gasteiger partial charge is 0.260 e. The second-order valence-electron chi connectivity index (χ2n) is 7.18. The van der Waals surface area contributed by atoms with E-state index < -0.39 is 0 Å². The zero-order chi connectivity index (χ0) is 21.5. The zero-order valence-electron chi connectivity index (χ0n) is 17.6. The summed E-state index contributed by atoms with van der Waals surface area (Å²) in [6.07, 6.45) is 1.90. The summed E-state index contributed by atoms with van der Waals surface area (Å²) in [5.74, 6) is 1.85. The van der Waals surface area contributed by atoms with Gasteiger partial charge in [-0.15, -0.1) is 0 Å². The molecule has 0 aromatic heterocycles. The molecule has 1 aliphatic rings. The number of rotatable bonds is 10. The molecule has 0 radical (unpaired) electrons. The van der Waals surface area contributed by atoms with Crippen molar-refractivity contribution in [2.75, 3.05) is 32.7 Å². The van der Waals surface area contributed by atoms with Crippen LogP contribution in [0.3, 0.4) is 0 Å². The van der Waals surface area contributed by atoms with E-state index in [-0.39, 0.29) is 24.3 Å². The number of benzene rings is 2. The van der Waals surface area contributed by atoms with Gasteiger partial charge in [0.2, 0.25) is 5.91 Å². The van der Waals surface area contributed by atoms with Crippen LogP contribution in [-0.2, 0) is 16.1 Å². The molecule has 0 atom stereocenters. The third-order valence-electron chi connectivity index (χ3n) is 4.97. The largest absolute Gasteiger partial charge is 0.493 e. The van der Waals surface area contributed by atoms with Crippen molar-refractivity contribution in [2.24, 2.45) is 5.92 Å². The minimum Gasteiger partial charge on any atom is -0.493 e. The maximum Gasteiger partial charge on any atom is 0.260 e. The normalized spacial score (nSPS) is 12.8. The molecule has 0 unspecified atom stereocenters. The molecule has 0 saturated heterocycles. The highest BCUT2D eigenvalue weighted by atomic mass is 16.5. The van der Waals surface area contributed by atoms with Gasteiger partial charge in [0.05, 0.1) is 14.2 Å². The summed E-state index contributed by atoms with van der Waals surface area (Å²) in [6, 6.07) is 12.7. The quantitative estimate of drug-likeness (QED) is 0.647. The molecule has 0 bridgehead atoms. The minimum absolute atomic E-state index is 0.0373. The zero-order valence-corrected chi connectivity index (χ0v) is 17.6. The second kappa shape index (κ2) is 10.0. The molecule has 0 aliphatic heterocycles. The van der Waals surface area contributed by atoms with Crippen LogP contribution >= 0.6 is 0 Å². The van der Waals surface area contributed by atoms with Crippen LogP contribution < -0.4 is 19.5 Å². The van der Waals surface area contributed by atoms with Crippen LogP contribution in [0.4, 0.5) is 5.69 Å². The summed E-state index contributed by atoms with van der Waals surface area (Å²) in [6.45, 7) is 2.83. The molecule has 1 N–H and O–H groups in total. The Morgan fingerprint density at radius 3 is 2.50 bits per heavy atom. The number of carbonyl (C=O) groups is 2. The molecule has 0 spiro atoms. The van der Waals surface area contributed by atoms with Gasteiger partial charge in [-0.2, -0.15) is 0 Å². The fourth-order valence-corrected chi connectivity index (χ4v) is 3.07. The monoisotopic (exact) mass is 412 g/mol. The number of nitrogens with one attached hydrogen (secondary N) is 1. The summed E-state index contributed by atoms with van der Waals surface area (Å²) < 4.78 is 16.3. The van der Waals surface area contributed by atoms with Crippen molar-refractivity contribution >= 4 is 17.5 Å². The highest BCUT2D eigenvalue weighted by Gasteiger charge is 2.29. The van der Waals surface area contributed by atoms with E-state index in [9.17, 15) is 9.59 Å². The molecule has 160 valence electrons. The Kier molecular flexibility index (Phi) is 7.17. The molecule has 3 rings (SSSR count). The molecule has 1 aliphatic carbocycles. The van der Waals surface area contributed by atoms with Gasteiger partial charge in [0.25, 0.3) is 5.91 Å². The van der Waals surface area contributed by atoms with Crippen molar-refractivity contribution in [1.29, 1.82) is 0 Å². The van der Waals surface area contributed by atoms with Crippen molar-refractivity contribution in [3.63, 3.8) is 0 Å². The molecule has 2 amide bonds. The molecule has 30 heavy (non-hydrogen) atoms. The van der Waals surface area contributed by atoms with E-state index in [0.29, 0.717) is 36.0 Å². The predicted molar refractivity (Wildman–Crippen MR) is 114 cm³/mol. The van der Waals surface area contributed by atoms with Crippen molar-refractivity contribution < 1.29 is 23.8 Å². The first-order chi connectivity index (χ1) is 14.5. The number of hydrogen-bond acceptors (Lipinski definition) is 5. The standard InChI is InChI=1S/C23H28N2O5/c1-4-25(14-16-8-11-20(28-2)21(12-16)29-3)22(26)15-30-19-7-5-6-18(13-19)24-23(27)17-9-10-17/h5-8,11-13,17H,4,9-10,14-15H2,1-3H3,(H,24,27). The Morgan fingerprint density at radius 2 is 1.83 bits per heavy atom. The Bertz CT molecular complexity index is 895. The average molecular weight is 412 g/mol. The lowest BCUT2D eigenvalue weighted by atomic mass is 10.2. The molecule has 2 aromatic rings. The number of amides is 2. The number of anilines is 1. The Morgan fingerprint density at radius 1 is 1.07 bits per heavy atom. The molecule has 7 nitrogen and oxygen atoms in total. The van der Waals surface area contributed by atoms with Gasteiger partial charge in [-0.1, -0.05) is 12.1 Å². The maximum atomic E-state index is 12.7. The SMILES string of the molecule is CCN(Cc1ccc(OC)c(OC)c1)C(=O)COc1cccc(NC(=O)C2CC2)c1. The van der Waals surface area contributed by atoms with Gasteiger partial charge in [-0.05, 0) is 49.6 Å². The van der Waals surface area contributed by atoms with Crippen LogP contribution in [0.2, 0.25) is 0 Å². The first kappa shape index (κ1) is 21.5. The van der Waals surface area contributed by atoms with Crippen molar-refractivity contribution in [1.82, 2.24) is 4.90 Å². The van der Waals surface area contributed by atoms with Crippen LogP contribution in [0.15, 0.2) is 42.5 Å². The van der Waals surface area contributed by atoms with Gasteiger partial charge in [0.1, 0.15) is 5.75 Å². The molecule has 1 saturated carbocycles. The molecule has 7 heteroatoms. The lowest BCUT2D eigenvalue weighted by Crippen LogP contribution is -2.34. The van der Waals surface area contributed by atoms with Crippen molar-refractivity contribution in [2.45, 2.75) is 26.3 Å². The molecule has 2 aromatic carbocycles. The third-order valence-corrected chi connectivity index (χ3v) is 4.97. The van der Waals surface area contributed by atoms with Gasteiger partial charge in [0.15, 0.2) is 18.1 Å². The lowest BCUT2D eigenvalue weighted by molar-refractivity contribution is -0.133. The second-order valence-corrected chi connectivity index (χ2v) is 7.18. The van der Waals surface area contributed by atoms with Crippen LogP contribution in [0.5, 0.6) is 17.2 Å². The molecule has 0 heterocycles. The predicted octanol–water partition coefficient (Wildman–Crippen LogP) is 3.48. The van der Waals surface area contributed by atoms with Gasteiger partial charge in [-0.3, -0.25) is 9.59 Å². The van der Waals surface area contributed by atoms with E-state index in [1.54, 1.807) is 37.3 Å². The summed E-state index contributed by atoms with van der Waals surface area (Å²) in [5.41, 5.74) is 1.61. The first-order valence-corrected chi connectivity index (χ1v) is 10.1. The fourth-order valence-electron chi connectivity index (χ4n) is 3.07. The van der Waals surface area contributed by atoms with E-state index in [2.05, 4.69) is 5.32 Å². The van der Waals surface area contributed by atoms with Crippen molar-refractivity contribution in [3.05, 3.63) is 48.0 Å². The number of ether oxygens (including phenoxy) is 3. The highest BCUT2D eigenvalue weighted by Crippen LogP contribution is 2.31. The number of likely N-dealkylation sites (N-methyl/N-ethyl adjacent to an activating group) is 1. The third kappa shape index (κ3) is 5.65. The number of methoxy groups -OCH3 is 2. The van der Waals surface area contributed by atoms with Crippen LogP contribution in [0, 0.1) is 5.92 Å². The van der Waals surface area contributed by atoms with Crippen LogP contribution in [0.25, 0.3) is 0 Å². The summed E-state index contributed by atoms with van der Waals surface area (Å²) in [5, 5.41) is 2.88. The van der Waals surface area contributed by atoms with E-state index >= 15 is 0 Å². The molecule has 1 fully saturated rings. The Balaban J connectivity index is 1.57. The number of nitrogens with zero attached hydrogens (tertiary/aromatic N) is 1. The van der Waals surface area contributed by atoms with Gasteiger partial charge in [-0.25, -0.2) is 0 Å². The van der Waals surface area contributed by atoms with Crippen LogP contribution in [0.1, 0.15) is 25.3 Å². The highest BCUT2D eigenvalue weighted by molar-refractivity contribution is 5.94. The number of hydrogen-bond donors (Lipinski definition) is 1. The summed E-state index contributed by atoms with van der Waals surface area (Å²) in [4.78, 5) is 26.3. The van der Waals surface area contributed by atoms with Gasteiger partial charge >= 0.3 is 0 Å².